The molecule has 0 aromatic rings. The zero-order valence-corrected chi connectivity index (χ0v) is 9.10. The van der Waals surface area contributed by atoms with E-state index in [2.05, 4.69) is 10.6 Å². The van der Waals surface area contributed by atoms with Crippen molar-refractivity contribution in [3.63, 3.8) is 0 Å². The molecule has 1 saturated heterocycles. The number of rotatable bonds is 3. The van der Waals surface area contributed by atoms with Gasteiger partial charge in [-0.1, -0.05) is 0 Å². The van der Waals surface area contributed by atoms with Gasteiger partial charge in [0.15, 0.2) is 0 Å². The Bertz CT molecular complexity index is 172. The Labute approximate surface area is 90.2 Å². The molecule has 0 aromatic carbocycles. The third kappa shape index (κ3) is 4.76. The van der Waals surface area contributed by atoms with E-state index in [9.17, 15) is 4.79 Å². The third-order valence-corrected chi connectivity index (χ3v) is 1.82. The van der Waals surface area contributed by atoms with Crippen molar-refractivity contribution in [1.29, 1.82) is 0 Å². The molecule has 0 bridgehead atoms. The van der Waals surface area contributed by atoms with E-state index >= 15 is 0 Å². The van der Waals surface area contributed by atoms with Crippen LogP contribution in [0.25, 0.3) is 0 Å². The van der Waals surface area contributed by atoms with Gasteiger partial charge in [-0.25, -0.2) is 0 Å². The molecule has 1 aliphatic heterocycles. The van der Waals surface area contributed by atoms with Gasteiger partial charge < -0.3 is 21.1 Å². The molecule has 1 unspecified atom stereocenters. The third-order valence-electron chi connectivity index (χ3n) is 1.82. The van der Waals surface area contributed by atoms with Crippen LogP contribution in [0.2, 0.25) is 0 Å². The molecular weight excluding hydrogens is 206 g/mol. The Kier molecular flexibility index (Phi) is 6.82. The van der Waals surface area contributed by atoms with E-state index in [0.717, 1.165) is 6.54 Å². The lowest BCUT2D eigenvalue weighted by Gasteiger charge is -2.23. The summed E-state index contributed by atoms with van der Waals surface area (Å²) in [5.41, 5.74) is 5.50. The van der Waals surface area contributed by atoms with Gasteiger partial charge in [-0.3, -0.25) is 4.79 Å². The van der Waals surface area contributed by atoms with Crippen molar-refractivity contribution < 1.29 is 9.53 Å². The van der Waals surface area contributed by atoms with Gasteiger partial charge in [-0.2, -0.15) is 0 Å². The lowest BCUT2D eigenvalue weighted by Crippen LogP contribution is -2.49. The maximum atomic E-state index is 11.4. The Morgan fingerprint density at radius 1 is 1.79 bits per heavy atom. The summed E-state index contributed by atoms with van der Waals surface area (Å²) in [4.78, 5) is 11.4. The van der Waals surface area contributed by atoms with Gasteiger partial charge in [-0.05, 0) is 6.92 Å². The molecule has 1 heterocycles. The first-order valence-electron chi connectivity index (χ1n) is 4.56. The number of nitrogens with one attached hydrogen (secondary N) is 2. The minimum Gasteiger partial charge on any atom is -0.366 e. The highest BCUT2D eigenvalue weighted by Gasteiger charge is 2.21. The fourth-order valence-corrected chi connectivity index (χ4v) is 1.11. The van der Waals surface area contributed by atoms with E-state index in [1.165, 1.54) is 0 Å². The summed E-state index contributed by atoms with van der Waals surface area (Å²) >= 11 is 0. The molecule has 14 heavy (non-hydrogen) atoms. The van der Waals surface area contributed by atoms with Crippen LogP contribution in [0.3, 0.4) is 0 Å². The number of nitrogens with two attached hydrogens (primary N) is 1. The molecule has 4 N–H and O–H groups in total. The maximum Gasteiger partial charge on any atom is 0.250 e. The van der Waals surface area contributed by atoms with Gasteiger partial charge in [0, 0.05) is 25.7 Å². The average molecular weight is 224 g/mol. The maximum absolute atomic E-state index is 11.4. The highest BCUT2D eigenvalue weighted by atomic mass is 35.5. The summed E-state index contributed by atoms with van der Waals surface area (Å²) in [5, 5.41) is 5.81. The van der Waals surface area contributed by atoms with Crippen LogP contribution < -0.4 is 16.4 Å². The van der Waals surface area contributed by atoms with E-state index in [1.54, 1.807) is 0 Å². The van der Waals surface area contributed by atoms with Crippen molar-refractivity contribution in [2.45, 2.75) is 19.1 Å². The van der Waals surface area contributed by atoms with Gasteiger partial charge in [0.05, 0.1) is 6.61 Å². The van der Waals surface area contributed by atoms with Crippen LogP contribution in [0.15, 0.2) is 0 Å². The molecule has 5 nitrogen and oxygen atoms in total. The molecule has 84 valence electrons. The SMILES string of the molecule is CC(N)CNC(=O)[C@H]1CNCCO1.Cl. The number of morpholine rings is 1. The summed E-state index contributed by atoms with van der Waals surface area (Å²) in [6, 6.07) is -0.0134. The van der Waals surface area contributed by atoms with Gasteiger partial charge in [0.2, 0.25) is 0 Å². The monoisotopic (exact) mass is 223 g/mol. The molecular formula is C8H18ClN3O2. The Balaban J connectivity index is 0.00000169. The van der Waals surface area contributed by atoms with Crippen molar-refractivity contribution >= 4 is 18.3 Å². The zero-order chi connectivity index (χ0) is 9.68. The van der Waals surface area contributed by atoms with Gasteiger partial charge in [0.1, 0.15) is 6.10 Å². The Hall–Kier alpha value is -0.360. The van der Waals surface area contributed by atoms with E-state index in [1.807, 2.05) is 6.92 Å². The standard InChI is InChI=1S/C8H17N3O2.ClH/c1-6(9)4-11-8(12)7-5-10-2-3-13-7;/h6-7,10H,2-5,9H2,1H3,(H,11,12);1H/t6?,7-;/m1./s1. The molecule has 1 amide bonds. The van der Waals surface area contributed by atoms with Crippen molar-refractivity contribution in [2.24, 2.45) is 5.73 Å². The van der Waals surface area contributed by atoms with E-state index in [4.69, 9.17) is 10.5 Å². The summed E-state index contributed by atoms with van der Waals surface area (Å²) < 4.78 is 5.26. The molecule has 1 fully saturated rings. The lowest BCUT2D eigenvalue weighted by molar-refractivity contribution is -0.134. The zero-order valence-electron chi connectivity index (χ0n) is 8.29. The van der Waals surface area contributed by atoms with Crippen molar-refractivity contribution in [3.05, 3.63) is 0 Å². The van der Waals surface area contributed by atoms with Crippen LogP contribution in [-0.4, -0.2) is 44.3 Å². The second-order valence-electron chi connectivity index (χ2n) is 3.29. The Morgan fingerprint density at radius 2 is 2.50 bits per heavy atom. The molecule has 0 radical (unpaired) electrons. The number of carbonyl (C=O) groups is 1. The number of carbonyl (C=O) groups excluding carboxylic acids is 1. The van der Waals surface area contributed by atoms with Crippen LogP contribution in [-0.2, 0) is 9.53 Å². The minimum absolute atomic E-state index is 0. The first-order chi connectivity index (χ1) is 6.20. The van der Waals surface area contributed by atoms with Gasteiger partial charge in [-0.15, -0.1) is 12.4 Å². The first-order valence-corrected chi connectivity index (χ1v) is 4.56. The molecule has 1 aliphatic rings. The van der Waals surface area contributed by atoms with Crippen molar-refractivity contribution in [2.75, 3.05) is 26.2 Å². The number of amides is 1. The quantitative estimate of drug-likeness (QED) is 0.566. The van der Waals surface area contributed by atoms with Gasteiger partial charge >= 0.3 is 0 Å². The highest BCUT2D eigenvalue weighted by molar-refractivity contribution is 5.85. The highest BCUT2D eigenvalue weighted by Crippen LogP contribution is 1.95. The van der Waals surface area contributed by atoms with Gasteiger partial charge in [0.25, 0.3) is 5.91 Å². The van der Waals surface area contributed by atoms with E-state index < -0.39 is 0 Å². The predicted molar refractivity (Wildman–Crippen MR) is 56.5 cm³/mol. The fourth-order valence-electron chi connectivity index (χ4n) is 1.11. The van der Waals surface area contributed by atoms with E-state index in [0.29, 0.717) is 19.7 Å². The van der Waals surface area contributed by atoms with Crippen LogP contribution >= 0.6 is 12.4 Å². The Morgan fingerprint density at radius 3 is 3.00 bits per heavy atom. The van der Waals surface area contributed by atoms with Crippen LogP contribution in [0.1, 0.15) is 6.92 Å². The number of hydrogen-bond donors (Lipinski definition) is 3. The molecule has 6 heteroatoms. The molecule has 1 rings (SSSR count). The lowest BCUT2D eigenvalue weighted by atomic mass is 10.2. The van der Waals surface area contributed by atoms with Crippen LogP contribution in [0.5, 0.6) is 0 Å². The predicted octanol–water partition coefficient (Wildman–Crippen LogP) is -1.14. The average Bonchev–Trinajstić information content (AvgIpc) is 2.15. The molecule has 0 spiro atoms. The topological polar surface area (TPSA) is 76.4 Å². The van der Waals surface area contributed by atoms with Crippen LogP contribution in [0, 0.1) is 0 Å². The molecule has 0 aliphatic carbocycles. The smallest absolute Gasteiger partial charge is 0.250 e. The summed E-state index contributed by atoms with van der Waals surface area (Å²) in [6.07, 6.45) is -0.354. The molecule has 2 atom stereocenters. The molecule has 0 aromatic heterocycles. The summed E-state index contributed by atoms with van der Waals surface area (Å²) in [5.74, 6) is -0.0792. The first kappa shape index (κ1) is 13.6. The second-order valence-corrected chi connectivity index (χ2v) is 3.29. The van der Waals surface area contributed by atoms with Crippen LogP contribution in [0.4, 0.5) is 0 Å². The fraction of sp³-hybridized carbons (Fsp3) is 0.875. The summed E-state index contributed by atoms with van der Waals surface area (Å²) in [6.45, 7) is 4.34. The second kappa shape index (κ2) is 7.00. The largest absolute Gasteiger partial charge is 0.366 e. The normalized spacial score (nSPS) is 23.4. The minimum atomic E-state index is -0.354. The van der Waals surface area contributed by atoms with Crippen molar-refractivity contribution in [3.8, 4) is 0 Å². The number of hydrogen-bond acceptors (Lipinski definition) is 4. The van der Waals surface area contributed by atoms with Crippen molar-refractivity contribution in [1.82, 2.24) is 10.6 Å². The molecule has 0 saturated carbocycles. The number of ether oxygens (including phenoxy) is 1. The summed E-state index contributed by atoms with van der Waals surface area (Å²) in [7, 11) is 0. The van der Waals surface area contributed by atoms with E-state index in [-0.39, 0.29) is 30.5 Å². The number of halogens is 1.